The van der Waals surface area contributed by atoms with E-state index in [0.29, 0.717) is 18.3 Å². The Labute approximate surface area is 189 Å². The minimum Gasteiger partial charge on any atom is -0.471 e. The number of hydrogen-bond donors (Lipinski definition) is 4. The van der Waals surface area contributed by atoms with Crippen LogP contribution in [-0.4, -0.2) is 96.0 Å². The number of rotatable bonds is 9. The second-order valence-corrected chi connectivity index (χ2v) is 7.92. The Morgan fingerprint density at radius 2 is 1.94 bits per heavy atom. The van der Waals surface area contributed by atoms with Crippen molar-refractivity contribution < 1.29 is 58.5 Å². The topological polar surface area (TPSA) is 178 Å². The molecular formula is C21H28O12. The van der Waals surface area contributed by atoms with Gasteiger partial charge in [0, 0.05) is 12.3 Å². The average Bonchev–Trinajstić information content (AvgIpc) is 3.25. The Bertz CT molecular complexity index is 790. The maximum absolute atomic E-state index is 12.2. The first-order valence-corrected chi connectivity index (χ1v) is 10.5. The van der Waals surface area contributed by atoms with Gasteiger partial charge in [-0.05, 0) is 12.0 Å². The van der Waals surface area contributed by atoms with E-state index in [4.69, 9.17) is 23.7 Å². The molecule has 3 rings (SSSR count). The van der Waals surface area contributed by atoms with Gasteiger partial charge >= 0.3 is 11.9 Å². The Hall–Kier alpha value is -2.35. The Kier molecular flexibility index (Phi) is 8.57. The predicted molar refractivity (Wildman–Crippen MR) is 106 cm³/mol. The lowest BCUT2D eigenvalue weighted by Crippen LogP contribution is -2.60. The molecule has 3 aliphatic rings. The van der Waals surface area contributed by atoms with Crippen molar-refractivity contribution in [3.8, 4) is 0 Å². The first kappa shape index (κ1) is 25.3. The number of allylic oxidation sites excluding steroid dienone is 1. The maximum Gasteiger partial charge on any atom is 0.337 e. The van der Waals surface area contributed by atoms with E-state index < -0.39 is 67.4 Å². The molecule has 2 heterocycles. The second-order valence-electron chi connectivity index (χ2n) is 7.92. The third-order valence-corrected chi connectivity index (χ3v) is 5.92. The number of carbonyl (C=O) groups is 3. The summed E-state index contributed by atoms with van der Waals surface area (Å²) in [7, 11) is 1.23. The monoisotopic (exact) mass is 472 g/mol. The van der Waals surface area contributed by atoms with Crippen LogP contribution in [0.15, 0.2) is 23.5 Å². The Morgan fingerprint density at radius 1 is 1.18 bits per heavy atom. The van der Waals surface area contributed by atoms with E-state index in [1.165, 1.54) is 13.4 Å². The highest BCUT2D eigenvalue weighted by Gasteiger charge is 2.50. The van der Waals surface area contributed by atoms with E-state index in [1.807, 2.05) is 0 Å². The van der Waals surface area contributed by atoms with E-state index in [2.05, 4.69) is 0 Å². The van der Waals surface area contributed by atoms with Crippen LogP contribution in [0.2, 0.25) is 0 Å². The van der Waals surface area contributed by atoms with E-state index in [9.17, 15) is 34.8 Å². The fourth-order valence-electron chi connectivity index (χ4n) is 4.13. The van der Waals surface area contributed by atoms with E-state index >= 15 is 0 Å². The molecule has 0 unspecified atom stereocenters. The van der Waals surface area contributed by atoms with Gasteiger partial charge in [0.2, 0.25) is 6.29 Å². The summed E-state index contributed by atoms with van der Waals surface area (Å²) in [6.07, 6.45) is -4.66. The van der Waals surface area contributed by atoms with E-state index in [1.54, 1.807) is 6.08 Å². The van der Waals surface area contributed by atoms with Crippen LogP contribution in [0.3, 0.4) is 0 Å². The highest BCUT2D eigenvalue weighted by atomic mass is 16.8. The van der Waals surface area contributed by atoms with Crippen molar-refractivity contribution in [2.24, 2.45) is 11.8 Å². The van der Waals surface area contributed by atoms with Crippen LogP contribution in [0.4, 0.5) is 0 Å². The molecule has 0 aromatic rings. The van der Waals surface area contributed by atoms with Crippen LogP contribution in [-0.2, 0) is 38.1 Å². The summed E-state index contributed by atoms with van der Waals surface area (Å²) >= 11 is 0. The second kappa shape index (κ2) is 11.2. The van der Waals surface area contributed by atoms with Crippen LogP contribution in [0, 0.1) is 11.8 Å². The summed E-state index contributed by atoms with van der Waals surface area (Å²) < 4.78 is 26.8. The van der Waals surface area contributed by atoms with Crippen molar-refractivity contribution in [2.45, 2.75) is 56.3 Å². The van der Waals surface area contributed by atoms with Crippen molar-refractivity contribution in [3.05, 3.63) is 23.5 Å². The third kappa shape index (κ3) is 5.42. The van der Waals surface area contributed by atoms with Crippen LogP contribution in [0.1, 0.15) is 19.3 Å². The molecule has 0 aromatic carbocycles. The highest BCUT2D eigenvalue weighted by Crippen LogP contribution is 2.44. The summed E-state index contributed by atoms with van der Waals surface area (Å²) in [5, 5.41) is 39.7. The molecular weight excluding hydrogens is 444 g/mol. The normalized spacial score (nSPS) is 35.5. The molecule has 4 N–H and O–H groups in total. The first-order chi connectivity index (χ1) is 15.8. The minimum absolute atomic E-state index is 0.0329. The molecule has 33 heavy (non-hydrogen) atoms. The molecule has 0 amide bonds. The van der Waals surface area contributed by atoms with Gasteiger partial charge in [-0.1, -0.05) is 6.08 Å². The zero-order chi connectivity index (χ0) is 24.1. The molecule has 0 spiro atoms. The molecule has 12 nitrogen and oxygen atoms in total. The van der Waals surface area contributed by atoms with Crippen molar-refractivity contribution in [3.63, 3.8) is 0 Å². The van der Waals surface area contributed by atoms with Crippen LogP contribution >= 0.6 is 0 Å². The molecule has 8 atom stereocenters. The quantitative estimate of drug-likeness (QED) is 0.170. The lowest BCUT2D eigenvalue weighted by molar-refractivity contribution is -0.339. The number of esters is 2. The summed E-state index contributed by atoms with van der Waals surface area (Å²) in [5.41, 5.74) is 0.832. The van der Waals surface area contributed by atoms with Crippen LogP contribution in [0.5, 0.6) is 0 Å². The molecule has 0 aromatic heterocycles. The van der Waals surface area contributed by atoms with Crippen LogP contribution in [0.25, 0.3) is 0 Å². The molecule has 1 fully saturated rings. The number of hydrogen-bond acceptors (Lipinski definition) is 12. The molecule has 1 saturated heterocycles. The fraction of sp³-hybridized carbons (Fsp3) is 0.667. The van der Waals surface area contributed by atoms with Gasteiger partial charge in [-0.3, -0.25) is 4.79 Å². The van der Waals surface area contributed by atoms with E-state index in [0.717, 1.165) is 0 Å². The van der Waals surface area contributed by atoms with Gasteiger partial charge in [0.05, 0.1) is 37.9 Å². The summed E-state index contributed by atoms with van der Waals surface area (Å²) in [5.74, 6) is -2.24. The molecule has 0 saturated carbocycles. The number of aliphatic hydroxyl groups excluding tert-OH is 4. The largest absolute Gasteiger partial charge is 0.471 e. The molecule has 2 aliphatic heterocycles. The molecule has 1 aliphatic carbocycles. The van der Waals surface area contributed by atoms with Gasteiger partial charge < -0.3 is 48.9 Å². The van der Waals surface area contributed by atoms with E-state index in [-0.39, 0.29) is 25.0 Å². The van der Waals surface area contributed by atoms with Gasteiger partial charge in [-0.15, -0.1) is 0 Å². The van der Waals surface area contributed by atoms with Gasteiger partial charge in [-0.2, -0.15) is 0 Å². The molecule has 184 valence electrons. The minimum atomic E-state index is -1.65. The average molecular weight is 472 g/mol. The smallest absolute Gasteiger partial charge is 0.337 e. The van der Waals surface area contributed by atoms with Crippen molar-refractivity contribution in [1.29, 1.82) is 0 Å². The number of methoxy groups -OCH3 is 1. The number of carbonyl (C=O) groups excluding carboxylic acids is 3. The zero-order valence-electron chi connectivity index (χ0n) is 17.9. The fourth-order valence-corrected chi connectivity index (χ4v) is 4.13. The number of aldehydes is 1. The molecule has 12 heteroatoms. The van der Waals surface area contributed by atoms with Gasteiger partial charge in [0.15, 0.2) is 6.29 Å². The SMILES string of the molecule is COC(=O)C1=CO[C@@H](O[C@@H]2O[C@H](CO)[C@@H](O)[C@H](O)[C@H]2O)[C@H]2C(COC(=O)CCC=O)=CC[C@@H]12. The Balaban J connectivity index is 1.77. The highest BCUT2D eigenvalue weighted by molar-refractivity contribution is 5.89. The molecule has 0 radical (unpaired) electrons. The van der Waals surface area contributed by atoms with Crippen LogP contribution < -0.4 is 0 Å². The maximum atomic E-state index is 12.2. The van der Waals surface area contributed by atoms with Crippen molar-refractivity contribution in [1.82, 2.24) is 0 Å². The predicted octanol–water partition coefficient (Wildman–Crippen LogP) is -1.70. The third-order valence-electron chi connectivity index (χ3n) is 5.92. The first-order valence-electron chi connectivity index (χ1n) is 10.5. The lowest BCUT2D eigenvalue weighted by Gasteiger charge is -2.42. The number of fused-ring (bicyclic) bond motifs is 1. The standard InChI is InChI=1S/C21H28O12/c1-29-19(28)12-9-31-20(33-21-18(27)17(26)16(25)13(7-23)32-21)15-10(4-5-11(12)15)8-30-14(24)3-2-6-22/h4,6,9,11,13,15-18,20-21,23,25-27H,2-3,5,7-8H2,1H3/t11-,13+,15-,16+,17-,18+,20-,21-/m0/s1. The molecule has 0 bridgehead atoms. The summed E-state index contributed by atoms with van der Waals surface area (Å²) in [6.45, 7) is -0.762. The number of ether oxygens (including phenoxy) is 5. The summed E-state index contributed by atoms with van der Waals surface area (Å²) in [6, 6.07) is 0. The summed E-state index contributed by atoms with van der Waals surface area (Å²) in [4.78, 5) is 34.5. The zero-order valence-corrected chi connectivity index (χ0v) is 17.9. The van der Waals surface area contributed by atoms with Gasteiger partial charge in [0.25, 0.3) is 0 Å². The van der Waals surface area contributed by atoms with Gasteiger partial charge in [0.1, 0.15) is 37.3 Å². The lowest BCUT2D eigenvalue weighted by atomic mass is 9.83. The van der Waals surface area contributed by atoms with Gasteiger partial charge in [-0.25, -0.2) is 4.79 Å². The Morgan fingerprint density at radius 3 is 2.61 bits per heavy atom. The number of aliphatic hydroxyl groups is 4. The van der Waals surface area contributed by atoms with Crippen molar-refractivity contribution in [2.75, 3.05) is 20.3 Å². The van der Waals surface area contributed by atoms with Crippen molar-refractivity contribution >= 4 is 18.2 Å².